The van der Waals surface area contributed by atoms with Crippen LogP contribution in [0.3, 0.4) is 0 Å². The van der Waals surface area contributed by atoms with Crippen LogP contribution in [0.5, 0.6) is 11.5 Å². The van der Waals surface area contributed by atoms with Gasteiger partial charge >= 0.3 is 6.03 Å². The number of carbonyl (C=O) groups is 2. The highest BCUT2D eigenvalue weighted by atomic mass is 32.2. The fourth-order valence-electron chi connectivity index (χ4n) is 4.78. The third kappa shape index (κ3) is 7.97. The maximum Gasteiger partial charge on any atom is 0.321 e. The van der Waals surface area contributed by atoms with Crippen molar-refractivity contribution in [2.75, 3.05) is 43.9 Å². The Hall–Kier alpha value is -4.36. The van der Waals surface area contributed by atoms with E-state index in [1.807, 2.05) is 6.92 Å². The summed E-state index contributed by atoms with van der Waals surface area (Å²) in [5.41, 5.74) is 1.10. The number of rotatable bonds is 9. The summed E-state index contributed by atoms with van der Waals surface area (Å²) in [5, 5.41) is 12.6. The van der Waals surface area contributed by atoms with E-state index >= 15 is 0 Å². The SMILES string of the molecule is COc1ccc(S(=O)(=O)Nc2ccc3c(c2)CC(=O)N([C@H](C)CO)C[C@@H](C)[C@H](CN(C)C(=O)Nc2ccc(F)cc2)O3)cc1. The summed E-state index contributed by atoms with van der Waals surface area (Å²) in [6.45, 7) is 3.77. The number of urea groups is 1. The van der Waals surface area contributed by atoms with Gasteiger partial charge in [0.15, 0.2) is 0 Å². The smallest absolute Gasteiger partial charge is 0.321 e. The number of sulfonamides is 1. The van der Waals surface area contributed by atoms with Gasteiger partial charge in [-0.2, -0.15) is 0 Å². The van der Waals surface area contributed by atoms with E-state index in [9.17, 15) is 27.5 Å². The van der Waals surface area contributed by atoms with Crippen molar-refractivity contribution < 1.29 is 37.0 Å². The average Bonchev–Trinajstić information content (AvgIpc) is 3.05. The van der Waals surface area contributed by atoms with Crippen molar-refractivity contribution >= 4 is 33.3 Å². The van der Waals surface area contributed by atoms with Crippen LogP contribution < -0.4 is 19.5 Å². The molecule has 3 atom stereocenters. The largest absolute Gasteiger partial charge is 0.497 e. The first-order valence-electron chi connectivity index (χ1n) is 14.0. The molecule has 3 aromatic rings. The number of ether oxygens (including phenoxy) is 2. The number of methoxy groups -OCH3 is 1. The normalized spacial score (nSPS) is 17.7. The Morgan fingerprint density at radius 3 is 2.43 bits per heavy atom. The van der Waals surface area contributed by atoms with Crippen LogP contribution in [0.25, 0.3) is 0 Å². The lowest BCUT2D eigenvalue weighted by molar-refractivity contribution is -0.134. The second kappa shape index (κ2) is 14.0. The highest BCUT2D eigenvalue weighted by Crippen LogP contribution is 2.30. The van der Waals surface area contributed by atoms with Crippen LogP contribution in [0.15, 0.2) is 71.6 Å². The Bertz CT molecular complexity index is 1570. The Balaban J connectivity index is 1.60. The number of hydrogen-bond donors (Lipinski definition) is 3. The zero-order valence-electron chi connectivity index (χ0n) is 25.0. The minimum Gasteiger partial charge on any atom is -0.497 e. The predicted molar refractivity (Wildman–Crippen MR) is 164 cm³/mol. The molecule has 11 nitrogen and oxygen atoms in total. The molecule has 0 bridgehead atoms. The quantitative estimate of drug-likeness (QED) is 0.326. The zero-order chi connectivity index (χ0) is 32.0. The lowest BCUT2D eigenvalue weighted by Crippen LogP contribution is -2.48. The van der Waals surface area contributed by atoms with E-state index in [1.165, 1.54) is 48.4 Å². The molecule has 13 heteroatoms. The van der Waals surface area contributed by atoms with Crippen molar-refractivity contribution in [1.29, 1.82) is 0 Å². The molecule has 0 spiro atoms. The number of aliphatic hydroxyl groups excluding tert-OH is 1. The van der Waals surface area contributed by atoms with E-state index in [2.05, 4.69) is 10.0 Å². The third-order valence-corrected chi connectivity index (χ3v) is 8.83. The van der Waals surface area contributed by atoms with Gasteiger partial charge in [-0.05, 0) is 73.7 Å². The monoisotopic (exact) mass is 628 g/mol. The summed E-state index contributed by atoms with van der Waals surface area (Å²) in [7, 11) is -0.868. The second-order valence-corrected chi connectivity index (χ2v) is 12.5. The lowest BCUT2D eigenvalue weighted by atomic mass is 10.0. The Labute approximate surface area is 256 Å². The number of amides is 3. The van der Waals surface area contributed by atoms with Gasteiger partial charge in [0.25, 0.3) is 10.0 Å². The van der Waals surface area contributed by atoms with Gasteiger partial charge in [-0.25, -0.2) is 17.6 Å². The van der Waals surface area contributed by atoms with Crippen LogP contribution in [-0.4, -0.2) is 81.3 Å². The molecule has 0 saturated carbocycles. The van der Waals surface area contributed by atoms with Gasteiger partial charge < -0.3 is 29.7 Å². The van der Waals surface area contributed by atoms with E-state index in [1.54, 1.807) is 49.2 Å². The number of carbonyl (C=O) groups excluding carboxylic acids is 2. The standard InChI is InChI=1S/C31H37FN4O7S/c1-20-17-36(21(2)19-37)30(38)16-22-15-25(34-44(40,41)27-12-10-26(42-4)11-13-27)9-14-28(22)43-29(20)18-35(3)31(39)33-24-7-5-23(32)6-8-24/h5-15,20-21,29,34,37H,16-19H2,1-4H3,(H,33,39)/t20-,21-,29+/m1/s1. The minimum absolute atomic E-state index is 0.0351. The second-order valence-electron chi connectivity index (χ2n) is 10.8. The molecule has 44 heavy (non-hydrogen) atoms. The number of likely N-dealkylation sites (N-methyl/N-ethyl adjacent to an activating group) is 1. The molecule has 4 rings (SSSR count). The zero-order valence-corrected chi connectivity index (χ0v) is 25.8. The van der Waals surface area contributed by atoms with E-state index in [0.29, 0.717) is 22.7 Å². The van der Waals surface area contributed by atoms with Crippen molar-refractivity contribution in [3.05, 3.63) is 78.1 Å². The number of nitrogens with zero attached hydrogens (tertiary/aromatic N) is 2. The fourth-order valence-corrected chi connectivity index (χ4v) is 5.83. The third-order valence-electron chi connectivity index (χ3n) is 7.43. The van der Waals surface area contributed by atoms with E-state index in [0.717, 1.165) is 0 Å². The highest BCUT2D eigenvalue weighted by Gasteiger charge is 2.32. The minimum atomic E-state index is -3.95. The molecule has 0 aromatic heterocycles. The van der Waals surface area contributed by atoms with Gasteiger partial charge in [0.1, 0.15) is 23.4 Å². The molecular formula is C31H37FN4O7S. The van der Waals surface area contributed by atoms with Gasteiger partial charge in [0.05, 0.1) is 37.6 Å². The number of benzene rings is 3. The number of aliphatic hydroxyl groups is 1. The lowest BCUT2D eigenvalue weighted by Gasteiger charge is -2.34. The maximum atomic E-state index is 13.5. The molecule has 1 aliphatic rings. The average molecular weight is 629 g/mol. The molecule has 0 saturated heterocycles. The topological polar surface area (TPSA) is 138 Å². The van der Waals surface area contributed by atoms with Crippen molar-refractivity contribution in [2.45, 2.75) is 37.3 Å². The molecule has 0 fully saturated rings. The number of halogens is 1. The molecule has 3 aromatic carbocycles. The molecule has 0 unspecified atom stereocenters. The van der Waals surface area contributed by atoms with E-state index < -0.39 is 34.0 Å². The van der Waals surface area contributed by atoms with Crippen molar-refractivity contribution in [2.24, 2.45) is 5.92 Å². The molecule has 236 valence electrons. The van der Waals surface area contributed by atoms with Gasteiger partial charge in [0.2, 0.25) is 5.91 Å². The van der Waals surface area contributed by atoms with Crippen LogP contribution in [0.2, 0.25) is 0 Å². The first-order chi connectivity index (χ1) is 20.9. The summed E-state index contributed by atoms with van der Waals surface area (Å²) in [6.07, 6.45) is -0.683. The van der Waals surface area contributed by atoms with Crippen LogP contribution in [-0.2, 0) is 21.2 Å². The van der Waals surface area contributed by atoms with Gasteiger partial charge in [-0.1, -0.05) is 6.92 Å². The Kier molecular flexibility index (Phi) is 10.3. The van der Waals surface area contributed by atoms with Crippen molar-refractivity contribution in [1.82, 2.24) is 9.80 Å². The Morgan fingerprint density at radius 2 is 1.80 bits per heavy atom. The van der Waals surface area contributed by atoms with Gasteiger partial charge in [-0.3, -0.25) is 9.52 Å². The fraction of sp³-hybridized carbons (Fsp3) is 0.355. The number of nitrogens with one attached hydrogen (secondary N) is 2. The first kappa shape index (κ1) is 32.6. The molecule has 0 radical (unpaired) electrons. The van der Waals surface area contributed by atoms with Crippen LogP contribution in [0, 0.1) is 11.7 Å². The predicted octanol–water partition coefficient (Wildman–Crippen LogP) is 3.95. The van der Waals surface area contributed by atoms with E-state index in [4.69, 9.17) is 9.47 Å². The maximum absolute atomic E-state index is 13.5. The molecular weight excluding hydrogens is 591 g/mol. The first-order valence-corrected chi connectivity index (χ1v) is 15.5. The van der Waals surface area contributed by atoms with Gasteiger partial charge in [0, 0.05) is 36.4 Å². The van der Waals surface area contributed by atoms with Crippen LogP contribution in [0.4, 0.5) is 20.6 Å². The summed E-state index contributed by atoms with van der Waals surface area (Å²) >= 11 is 0. The summed E-state index contributed by atoms with van der Waals surface area (Å²) in [4.78, 5) is 29.5. The Morgan fingerprint density at radius 1 is 1.14 bits per heavy atom. The highest BCUT2D eigenvalue weighted by molar-refractivity contribution is 7.92. The number of hydrogen-bond acceptors (Lipinski definition) is 7. The molecule has 0 aliphatic carbocycles. The molecule has 1 heterocycles. The number of anilines is 2. The molecule has 3 amide bonds. The summed E-state index contributed by atoms with van der Waals surface area (Å²) in [6, 6.07) is 15.1. The van der Waals surface area contributed by atoms with Gasteiger partial charge in [-0.15, -0.1) is 0 Å². The van der Waals surface area contributed by atoms with Crippen molar-refractivity contribution in [3.8, 4) is 11.5 Å². The number of fused-ring (bicyclic) bond motifs is 1. The summed E-state index contributed by atoms with van der Waals surface area (Å²) in [5.74, 6) is -0.0698. The molecule has 1 aliphatic heterocycles. The van der Waals surface area contributed by atoms with Crippen LogP contribution in [0.1, 0.15) is 19.4 Å². The van der Waals surface area contributed by atoms with E-state index in [-0.39, 0.29) is 48.5 Å². The van der Waals surface area contributed by atoms with Crippen molar-refractivity contribution in [3.63, 3.8) is 0 Å². The molecule has 3 N–H and O–H groups in total. The van der Waals surface area contributed by atoms with Crippen LogP contribution >= 0.6 is 0 Å². The summed E-state index contributed by atoms with van der Waals surface area (Å²) < 4.78 is 53.5.